The smallest absolute Gasteiger partial charge is 0.326 e. The molecule has 1 aliphatic rings. The number of H-pyrrole nitrogens is 1. The monoisotopic (exact) mass is 289 g/mol. The van der Waals surface area contributed by atoms with E-state index in [2.05, 4.69) is 23.7 Å². The van der Waals surface area contributed by atoms with Gasteiger partial charge >= 0.3 is 5.69 Å². The van der Waals surface area contributed by atoms with Crippen LogP contribution in [0, 0.1) is 0 Å². The molecule has 0 amide bonds. The summed E-state index contributed by atoms with van der Waals surface area (Å²) in [7, 11) is 1.63. The minimum Gasteiger partial charge on any atom is -0.494 e. The Hall–Kier alpha value is -1.75. The lowest BCUT2D eigenvalue weighted by molar-refractivity contribution is 0.187. The second-order valence-corrected chi connectivity index (χ2v) is 6.02. The number of benzene rings is 1. The molecule has 5 heteroatoms. The van der Waals surface area contributed by atoms with E-state index in [0.717, 1.165) is 36.3 Å². The van der Waals surface area contributed by atoms with Crippen molar-refractivity contribution < 1.29 is 4.74 Å². The van der Waals surface area contributed by atoms with Gasteiger partial charge in [0.25, 0.3) is 0 Å². The molecular formula is C16H23N3O2. The number of hydrogen-bond acceptors (Lipinski definition) is 3. The lowest BCUT2D eigenvalue weighted by Crippen LogP contribution is -2.39. The van der Waals surface area contributed by atoms with Crippen molar-refractivity contribution in [3.63, 3.8) is 0 Å². The van der Waals surface area contributed by atoms with Crippen LogP contribution in [0.5, 0.6) is 5.75 Å². The summed E-state index contributed by atoms with van der Waals surface area (Å²) < 4.78 is 7.18. The van der Waals surface area contributed by atoms with Crippen molar-refractivity contribution in [2.75, 3.05) is 13.7 Å². The van der Waals surface area contributed by atoms with Crippen LogP contribution in [-0.4, -0.2) is 40.2 Å². The van der Waals surface area contributed by atoms with Gasteiger partial charge in [-0.1, -0.05) is 6.07 Å². The molecule has 0 radical (unpaired) electrons. The van der Waals surface area contributed by atoms with E-state index in [9.17, 15) is 4.79 Å². The van der Waals surface area contributed by atoms with Crippen LogP contribution >= 0.6 is 0 Å². The Bertz CT molecular complexity index is 686. The van der Waals surface area contributed by atoms with Crippen molar-refractivity contribution in [2.24, 2.45) is 0 Å². The molecule has 1 unspecified atom stereocenters. The molecule has 21 heavy (non-hydrogen) atoms. The molecule has 3 rings (SSSR count). The van der Waals surface area contributed by atoms with Crippen LogP contribution < -0.4 is 10.4 Å². The highest BCUT2D eigenvalue weighted by atomic mass is 16.5. The third-order valence-corrected chi connectivity index (χ3v) is 4.47. The molecule has 2 heterocycles. The average molecular weight is 289 g/mol. The number of rotatable bonds is 4. The van der Waals surface area contributed by atoms with E-state index in [-0.39, 0.29) is 5.69 Å². The van der Waals surface area contributed by atoms with Crippen molar-refractivity contribution in [2.45, 2.75) is 45.3 Å². The number of aromatic nitrogens is 2. The summed E-state index contributed by atoms with van der Waals surface area (Å²) in [5.41, 5.74) is 1.67. The first kappa shape index (κ1) is 14.2. The third kappa shape index (κ3) is 2.46. The fraction of sp³-hybridized carbons (Fsp3) is 0.562. The number of aromatic amines is 1. The van der Waals surface area contributed by atoms with E-state index in [1.807, 2.05) is 22.8 Å². The van der Waals surface area contributed by atoms with Crippen molar-refractivity contribution >= 4 is 11.0 Å². The Morgan fingerprint density at radius 3 is 2.95 bits per heavy atom. The number of fused-ring (bicyclic) bond motifs is 1. The summed E-state index contributed by atoms with van der Waals surface area (Å²) in [5.74, 6) is 0.718. The number of para-hydroxylation sites is 1. The Morgan fingerprint density at radius 2 is 2.24 bits per heavy atom. The van der Waals surface area contributed by atoms with Crippen LogP contribution in [0.4, 0.5) is 0 Å². The largest absolute Gasteiger partial charge is 0.494 e. The molecule has 0 bridgehead atoms. The lowest BCUT2D eigenvalue weighted by Gasteiger charge is -2.28. The SMILES string of the molecule is COc1cccc2c1[nH]c(=O)n2CC1CCCN1C(C)C. The number of nitrogens with one attached hydrogen (secondary N) is 1. The van der Waals surface area contributed by atoms with E-state index in [4.69, 9.17) is 4.74 Å². The first-order valence-corrected chi connectivity index (χ1v) is 7.63. The molecule has 1 aromatic heterocycles. The van der Waals surface area contributed by atoms with Crippen LogP contribution in [-0.2, 0) is 6.54 Å². The summed E-state index contributed by atoms with van der Waals surface area (Å²) in [4.78, 5) is 17.7. The highest BCUT2D eigenvalue weighted by molar-refractivity contribution is 5.81. The van der Waals surface area contributed by atoms with Gasteiger partial charge in [0.1, 0.15) is 11.3 Å². The van der Waals surface area contributed by atoms with Gasteiger partial charge in [-0.05, 0) is 45.4 Å². The summed E-state index contributed by atoms with van der Waals surface area (Å²) >= 11 is 0. The van der Waals surface area contributed by atoms with Gasteiger partial charge in [-0.3, -0.25) is 9.47 Å². The van der Waals surface area contributed by atoms with E-state index >= 15 is 0 Å². The number of nitrogens with zero attached hydrogens (tertiary/aromatic N) is 2. The predicted octanol–water partition coefficient (Wildman–Crippen LogP) is 2.21. The summed E-state index contributed by atoms with van der Waals surface area (Å²) in [5, 5.41) is 0. The maximum absolute atomic E-state index is 12.3. The van der Waals surface area contributed by atoms with Gasteiger partial charge in [-0.15, -0.1) is 0 Å². The van der Waals surface area contributed by atoms with E-state index in [1.54, 1.807) is 7.11 Å². The number of likely N-dealkylation sites (tertiary alicyclic amines) is 1. The van der Waals surface area contributed by atoms with Crippen LogP contribution in [0.15, 0.2) is 23.0 Å². The topological polar surface area (TPSA) is 50.3 Å². The Balaban J connectivity index is 1.98. The van der Waals surface area contributed by atoms with E-state index < -0.39 is 0 Å². The molecule has 2 aromatic rings. The van der Waals surface area contributed by atoms with Crippen molar-refractivity contribution in [3.8, 4) is 5.75 Å². The van der Waals surface area contributed by atoms with Crippen LogP contribution in [0.25, 0.3) is 11.0 Å². The molecule has 5 nitrogen and oxygen atoms in total. The molecular weight excluding hydrogens is 266 g/mol. The van der Waals surface area contributed by atoms with E-state index in [0.29, 0.717) is 12.1 Å². The van der Waals surface area contributed by atoms with Gasteiger partial charge in [0, 0.05) is 18.6 Å². The molecule has 0 aliphatic carbocycles. The molecule has 1 N–H and O–H groups in total. The number of ether oxygens (including phenoxy) is 1. The molecule has 0 saturated carbocycles. The van der Waals surface area contributed by atoms with Crippen LogP contribution in [0.1, 0.15) is 26.7 Å². The minimum absolute atomic E-state index is 0.0508. The zero-order valence-corrected chi connectivity index (χ0v) is 12.9. The summed E-state index contributed by atoms with van der Waals surface area (Å²) in [6.45, 7) is 6.31. The molecule has 114 valence electrons. The number of methoxy groups -OCH3 is 1. The van der Waals surface area contributed by atoms with Crippen molar-refractivity contribution in [1.29, 1.82) is 0 Å². The van der Waals surface area contributed by atoms with Gasteiger partial charge in [0.05, 0.1) is 12.6 Å². The minimum atomic E-state index is -0.0508. The first-order chi connectivity index (χ1) is 10.1. The quantitative estimate of drug-likeness (QED) is 0.939. The average Bonchev–Trinajstić information content (AvgIpc) is 3.04. The van der Waals surface area contributed by atoms with Gasteiger partial charge in [-0.2, -0.15) is 0 Å². The summed E-state index contributed by atoms with van der Waals surface area (Å²) in [6.07, 6.45) is 2.37. The number of imidazole rings is 1. The number of hydrogen-bond donors (Lipinski definition) is 1. The normalized spacial score (nSPS) is 19.7. The molecule has 1 aromatic carbocycles. The Kier molecular flexibility index (Phi) is 3.76. The maximum atomic E-state index is 12.3. The molecule has 0 spiro atoms. The van der Waals surface area contributed by atoms with Crippen molar-refractivity contribution in [1.82, 2.24) is 14.5 Å². The Labute approximate surface area is 124 Å². The van der Waals surface area contributed by atoms with E-state index in [1.165, 1.54) is 6.42 Å². The Morgan fingerprint density at radius 1 is 1.43 bits per heavy atom. The van der Waals surface area contributed by atoms with Gasteiger partial charge in [0.2, 0.25) is 0 Å². The fourth-order valence-corrected chi connectivity index (χ4v) is 3.45. The van der Waals surface area contributed by atoms with Gasteiger partial charge < -0.3 is 9.72 Å². The van der Waals surface area contributed by atoms with Crippen LogP contribution in [0.2, 0.25) is 0 Å². The van der Waals surface area contributed by atoms with Crippen molar-refractivity contribution in [3.05, 3.63) is 28.7 Å². The van der Waals surface area contributed by atoms with Gasteiger partial charge in [-0.25, -0.2) is 4.79 Å². The molecule has 1 saturated heterocycles. The fourth-order valence-electron chi connectivity index (χ4n) is 3.45. The lowest BCUT2D eigenvalue weighted by atomic mass is 10.2. The second-order valence-electron chi connectivity index (χ2n) is 6.02. The zero-order chi connectivity index (χ0) is 15.0. The maximum Gasteiger partial charge on any atom is 0.326 e. The molecule has 1 fully saturated rings. The highest BCUT2D eigenvalue weighted by Crippen LogP contribution is 2.25. The van der Waals surface area contributed by atoms with Crippen LogP contribution in [0.3, 0.4) is 0 Å². The first-order valence-electron chi connectivity index (χ1n) is 7.63. The third-order valence-electron chi connectivity index (χ3n) is 4.47. The molecule has 1 atom stereocenters. The van der Waals surface area contributed by atoms with Gasteiger partial charge in [0.15, 0.2) is 0 Å². The standard InChI is InChI=1S/C16H23N3O2/c1-11(2)18-9-5-6-12(18)10-19-13-7-4-8-14(21-3)15(13)17-16(19)20/h4,7-8,11-12H,5-6,9-10H2,1-3H3,(H,17,20). The summed E-state index contributed by atoms with van der Waals surface area (Å²) in [6, 6.07) is 6.74. The second kappa shape index (κ2) is 5.56. The zero-order valence-electron chi connectivity index (χ0n) is 12.9. The molecule has 1 aliphatic heterocycles. The highest BCUT2D eigenvalue weighted by Gasteiger charge is 2.27. The predicted molar refractivity (Wildman–Crippen MR) is 84.0 cm³/mol.